The van der Waals surface area contributed by atoms with Crippen LogP contribution in [0.5, 0.6) is 0 Å². The molecule has 0 aliphatic rings. The summed E-state index contributed by atoms with van der Waals surface area (Å²) in [6, 6.07) is 3.84. The first kappa shape index (κ1) is 13.4. The van der Waals surface area contributed by atoms with Crippen molar-refractivity contribution in [2.45, 2.75) is 5.92 Å². The Morgan fingerprint density at radius 2 is 1.76 bits per heavy atom. The van der Waals surface area contributed by atoms with Crippen LogP contribution in [0.1, 0.15) is 11.5 Å². The fraction of sp³-hybridized carbons (Fsp3) is 0.273. The molecule has 0 radical (unpaired) electrons. The highest BCUT2D eigenvalue weighted by molar-refractivity contribution is 6.32. The summed E-state index contributed by atoms with van der Waals surface area (Å²) in [4.78, 5) is 22.9. The first-order chi connectivity index (χ1) is 8.02. The Kier molecular flexibility index (Phi) is 4.45. The smallest absolute Gasteiger partial charge is 0.324 e. The molecule has 0 spiro atoms. The number of halogens is 2. The summed E-state index contributed by atoms with van der Waals surface area (Å²) in [5.74, 6) is -4.13. The first-order valence-electron chi connectivity index (χ1n) is 4.62. The summed E-state index contributed by atoms with van der Waals surface area (Å²) < 4.78 is 22.5. The molecule has 0 heterocycles. The second-order valence-corrected chi connectivity index (χ2v) is 3.52. The highest BCUT2D eigenvalue weighted by Crippen LogP contribution is 2.29. The molecule has 0 fully saturated rings. The summed E-state index contributed by atoms with van der Waals surface area (Å²) in [5, 5.41) is -0.0363. The van der Waals surface area contributed by atoms with Crippen LogP contribution in [-0.2, 0) is 19.1 Å². The largest absolute Gasteiger partial charge is 0.468 e. The van der Waals surface area contributed by atoms with Gasteiger partial charge in [0, 0.05) is 10.6 Å². The highest BCUT2D eigenvalue weighted by Gasteiger charge is 2.34. The molecule has 0 bridgehead atoms. The zero-order valence-electron chi connectivity index (χ0n) is 9.20. The van der Waals surface area contributed by atoms with Gasteiger partial charge >= 0.3 is 11.9 Å². The zero-order valence-corrected chi connectivity index (χ0v) is 9.95. The van der Waals surface area contributed by atoms with Crippen LogP contribution in [-0.4, -0.2) is 26.2 Å². The van der Waals surface area contributed by atoms with Crippen molar-refractivity contribution >= 4 is 23.5 Å². The third kappa shape index (κ3) is 2.74. The Bertz CT molecular complexity index is 411. The van der Waals surface area contributed by atoms with Gasteiger partial charge in [0.05, 0.1) is 14.2 Å². The molecule has 4 nitrogen and oxygen atoms in total. The Balaban J connectivity index is 3.31. The minimum absolute atomic E-state index is 0.0363. The lowest BCUT2D eigenvalue weighted by Gasteiger charge is -2.14. The van der Waals surface area contributed by atoms with Crippen molar-refractivity contribution < 1.29 is 23.5 Å². The third-order valence-electron chi connectivity index (χ3n) is 2.16. The lowest BCUT2D eigenvalue weighted by molar-refractivity contribution is -0.154. The van der Waals surface area contributed by atoms with E-state index < -0.39 is 23.7 Å². The third-order valence-corrected chi connectivity index (χ3v) is 2.49. The van der Waals surface area contributed by atoms with Crippen LogP contribution in [0, 0.1) is 5.82 Å². The fourth-order valence-corrected chi connectivity index (χ4v) is 1.63. The standard InChI is InChI=1S/C11H10ClFO4/c1-16-10(14)9(11(15)17-2)8-6(12)4-3-5-7(8)13/h3-5,9H,1-2H3. The zero-order chi connectivity index (χ0) is 13.0. The molecule has 0 aromatic heterocycles. The van der Waals surface area contributed by atoms with Crippen LogP contribution < -0.4 is 0 Å². The number of rotatable bonds is 3. The van der Waals surface area contributed by atoms with E-state index in [1.807, 2.05) is 0 Å². The number of carbonyl (C=O) groups excluding carboxylic acids is 2. The molecular formula is C11H10ClFO4. The lowest BCUT2D eigenvalue weighted by Crippen LogP contribution is -2.25. The topological polar surface area (TPSA) is 52.6 Å². The van der Waals surface area contributed by atoms with Crippen molar-refractivity contribution in [1.29, 1.82) is 0 Å². The second kappa shape index (κ2) is 5.63. The second-order valence-electron chi connectivity index (χ2n) is 3.11. The number of hydrogen-bond donors (Lipinski definition) is 0. The van der Waals surface area contributed by atoms with Crippen LogP contribution in [0.25, 0.3) is 0 Å². The van der Waals surface area contributed by atoms with Gasteiger partial charge in [0.25, 0.3) is 0 Å². The van der Waals surface area contributed by atoms with E-state index in [1.54, 1.807) is 0 Å². The molecule has 0 saturated heterocycles. The average molecular weight is 261 g/mol. The van der Waals surface area contributed by atoms with E-state index >= 15 is 0 Å². The Labute approximate surface area is 102 Å². The molecular weight excluding hydrogens is 251 g/mol. The minimum Gasteiger partial charge on any atom is -0.468 e. The van der Waals surface area contributed by atoms with Crippen molar-refractivity contribution in [3.63, 3.8) is 0 Å². The van der Waals surface area contributed by atoms with Crippen LogP contribution in [0.4, 0.5) is 4.39 Å². The van der Waals surface area contributed by atoms with Crippen molar-refractivity contribution in [2.75, 3.05) is 14.2 Å². The van der Waals surface area contributed by atoms with Gasteiger partial charge in [0.1, 0.15) is 5.82 Å². The van der Waals surface area contributed by atoms with Gasteiger partial charge in [0.2, 0.25) is 0 Å². The molecule has 1 aromatic carbocycles. The summed E-state index contributed by atoms with van der Waals surface area (Å²) in [6.07, 6.45) is 0. The van der Waals surface area contributed by atoms with E-state index in [-0.39, 0.29) is 10.6 Å². The minimum atomic E-state index is -1.52. The van der Waals surface area contributed by atoms with Gasteiger partial charge in [-0.15, -0.1) is 0 Å². The van der Waals surface area contributed by atoms with Crippen molar-refractivity contribution in [2.24, 2.45) is 0 Å². The lowest BCUT2D eigenvalue weighted by atomic mass is 9.98. The van der Waals surface area contributed by atoms with Gasteiger partial charge in [-0.2, -0.15) is 0 Å². The summed E-state index contributed by atoms with van der Waals surface area (Å²) in [6.45, 7) is 0. The number of benzene rings is 1. The molecule has 1 rings (SSSR count). The van der Waals surface area contributed by atoms with Crippen molar-refractivity contribution in [1.82, 2.24) is 0 Å². The molecule has 0 N–H and O–H groups in total. The molecule has 0 aliphatic heterocycles. The number of methoxy groups -OCH3 is 2. The molecule has 0 amide bonds. The molecule has 92 valence electrons. The van der Waals surface area contributed by atoms with Gasteiger partial charge in [-0.1, -0.05) is 17.7 Å². The van der Waals surface area contributed by atoms with E-state index in [0.29, 0.717) is 0 Å². The van der Waals surface area contributed by atoms with E-state index in [4.69, 9.17) is 11.6 Å². The fourth-order valence-electron chi connectivity index (χ4n) is 1.35. The number of carbonyl (C=O) groups is 2. The monoisotopic (exact) mass is 260 g/mol. The maximum Gasteiger partial charge on any atom is 0.324 e. The summed E-state index contributed by atoms with van der Waals surface area (Å²) in [7, 11) is 2.18. The molecule has 0 unspecified atom stereocenters. The van der Waals surface area contributed by atoms with Gasteiger partial charge in [-0.3, -0.25) is 9.59 Å². The Morgan fingerprint density at radius 1 is 1.24 bits per heavy atom. The van der Waals surface area contributed by atoms with Crippen molar-refractivity contribution in [3.05, 3.63) is 34.6 Å². The number of ether oxygens (including phenoxy) is 2. The number of hydrogen-bond acceptors (Lipinski definition) is 4. The Morgan fingerprint density at radius 3 is 2.18 bits per heavy atom. The quantitative estimate of drug-likeness (QED) is 0.615. The van der Waals surface area contributed by atoms with Gasteiger partial charge < -0.3 is 9.47 Å². The molecule has 17 heavy (non-hydrogen) atoms. The normalized spacial score (nSPS) is 10.2. The van der Waals surface area contributed by atoms with E-state index in [1.165, 1.54) is 12.1 Å². The predicted octanol–water partition coefficient (Wildman–Crippen LogP) is 1.91. The van der Waals surface area contributed by atoms with Crippen LogP contribution in [0.2, 0.25) is 5.02 Å². The van der Waals surface area contributed by atoms with Gasteiger partial charge in [-0.25, -0.2) is 4.39 Å². The van der Waals surface area contributed by atoms with E-state index in [0.717, 1.165) is 20.3 Å². The SMILES string of the molecule is COC(=O)C(C(=O)OC)c1c(F)cccc1Cl. The molecule has 0 atom stereocenters. The number of esters is 2. The average Bonchev–Trinajstić information content (AvgIpc) is 2.32. The van der Waals surface area contributed by atoms with E-state index in [2.05, 4.69) is 9.47 Å². The maximum absolute atomic E-state index is 13.6. The predicted molar refractivity (Wildman–Crippen MR) is 58.2 cm³/mol. The van der Waals surface area contributed by atoms with Crippen LogP contribution in [0.3, 0.4) is 0 Å². The summed E-state index contributed by atoms with van der Waals surface area (Å²) >= 11 is 5.77. The first-order valence-corrected chi connectivity index (χ1v) is 5.00. The van der Waals surface area contributed by atoms with Crippen molar-refractivity contribution in [3.8, 4) is 0 Å². The maximum atomic E-state index is 13.6. The summed E-state index contributed by atoms with van der Waals surface area (Å²) in [5.41, 5.74) is -0.243. The molecule has 1 aromatic rings. The Hall–Kier alpha value is -1.62. The van der Waals surface area contributed by atoms with Gasteiger partial charge in [0.15, 0.2) is 5.92 Å². The van der Waals surface area contributed by atoms with Crippen LogP contribution >= 0.6 is 11.6 Å². The van der Waals surface area contributed by atoms with E-state index in [9.17, 15) is 14.0 Å². The highest BCUT2D eigenvalue weighted by atomic mass is 35.5. The van der Waals surface area contributed by atoms with Crippen LogP contribution in [0.15, 0.2) is 18.2 Å². The molecule has 0 aliphatic carbocycles. The molecule has 6 heteroatoms. The van der Waals surface area contributed by atoms with Gasteiger partial charge in [-0.05, 0) is 12.1 Å². The molecule has 0 saturated carbocycles.